The second-order valence-corrected chi connectivity index (χ2v) is 6.63. The quantitative estimate of drug-likeness (QED) is 0.625. The van der Waals surface area contributed by atoms with Crippen molar-refractivity contribution in [1.29, 1.82) is 0 Å². The largest absolute Gasteiger partial charge is 0.365 e. The number of benzene rings is 2. The van der Waals surface area contributed by atoms with E-state index in [0.717, 1.165) is 11.4 Å². The number of para-hydroxylation sites is 1. The molecule has 8 nitrogen and oxygen atoms in total. The van der Waals surface area contributed by atoms with Gasteiger partial charge in [-0.3, -0.25) is 9.59 Å². The molecule has 2 aromatic carbocycles. The van der Waals surface area contributed by atoms with Crippen LogP contribution < -0.4 is 20.9 Å². The molecule has 0 saturated carbocycles. The normalized spacial score (nSPS) is 10.4. The number of amides is 2. The first-order valence-corrected chi connectivity index (χ1v) is 9.51. The van der Waals surface area contributed by atoms with Crippen molar-refractivity contribution >= 4 is 40.6 Å². The molecule has 0 spiro atoms. The zero-order chi connectivity index (χ0) is 21.7. The van der Waals surface area contributed by atoms with E-state index in [1.54, 1.807) is 11.9 Å². The summed E-state index contributed by atoms with van der Waals surface area (Å²) in [5.74, 6) is 0.0617. The standard InChI is InChI=1S/C22H24N6O2/c1-4-28(17-10-6-5-7-11-17)21-19(20(23)30)14-24-22(26-21)25-16-9-8-12-18(13-16)27(3)15(2)29/h5-14H,4H2,1-3H3,(H2,23,30)(H,24,25,26). The second kappa shape index (κ2) is 9.04. The molecule has 0 aliphatic heterocycles. The number of hydrogen-bond acceptors (Lipinski definition) is 6. The first-order valence-electron chi connectivity index (χ1n) is 9.51. The molecule has 2 amide bonds. The third-order valence-corrected chi connectivity index (χ3v) is 4.64. The second-order valence-electron chi connectivity index (χ2n) is 6.63. The fourth-order valence-electron chi connectivity index (χ4n) is 2.98. The van der Waals surface area contributed by atoms with Gasteiger partial charge in [-0.1, -0.05) is 24.3 Å². The third-order valence-electron chi connectivity index (χ3n) is 4.64. The number of primary amides is 1. The Hall–Kier alpha value is -3.94. The fraction of sp³-hybridized carbons (Fsp3) is 0.182. The molecule has 0 aliphatic rings. The molecule has 0 bridgehead atoms. The lowest BCUT2D eigenvalue weighted by Gasteiger charge is -2.24. The molecule has 0 aliphatic carbocycles. The van der Waals surface area contributed by atoms with Crippen molar-refractivity contribution in [2.24, 2.45) is 5.73 Å². The van der Waals surface area contributed by atoms with Crippen LogP contribution in [-0.4, -0.2) is 35.4 Å². The van der Waals surface area contributed by atoms with E-state index in [0.29, 0.717) is 24.0 Å². The summed E-state index contributed by atoms with van der Waals surface area (Å²) in [4.78, 5) is 35.9. The molecule has 0 radical (unpaired) electrons. The zero-order valence-electron chi connectivity index (χ0n) is 17.2. The van der Waals surface area contributed by atoms with Gasteiger partial charge in [-0.15, -0.1) is 0 Å². The van der Waals surface area contributed by atoms with E-state index in [4.69, 9.17) is 5.73 Å². The highest BCUT2D eigenvalue weighted by Crippen LogP contribution is 2.28. The average Bonchev–Trinajstić information content (AvgIpc) is 2.74. The molecule has 1 heterocycles. The predicted octanol–water partition coefficient (Wildman–Crippen LogP) is 3.46. The average molecular weight is 404 g/mol. The number of nitrogens with zero attached hydrogens (tertiary/aromatic N) is 4. The van der Waals surface area contributed by atoms with Crippen molar-refractivity contribution < 1.29 is 9.59 Å². The Kier molecular flexibility index (Phi) is 6.26. The zero-order valence-corrected chi connectivity index (χ0v) is 17.2. The summed E-state index contributed by atoms with van der Waals surface area (Å²) in [5, 5.41) is 3.14. The van der Waals surface area contributed by atoms with Gasteiger partial charge < -0.3 is 20.9 Å². The van der Waals surface area contributed by atoms with Crippen LogP contribution in [0, 0.1) is 0 Å². The molecule has 3 aromatic rings. The van der Waals surface area contributed by atoms with Crippen LogP contribution in [0.25, 0.3) is 0 Å². The van der Waals surface area contributed by atoms with Crippen molar-refractivity contribution in [2.75, 3.05) is 28.7 Å². The maximum absolute atomic E-state index is 12.0. The van der Waals surface area contributed by atoms with Gasteiger partial charge >= 0.3 is 0 Å². The molecule has 30 heavy (non-hydrogen) atoms. The van der Waals surface area contributed by atoms with E-state index in [1.165, 1.54) is 13.1 Å². The molecule has 154 valence electrons. The lowest BCUT2D eigenvalue weighted by atomic mass is 10.2. The van der Waals surface area contributed by atoms with E-state index in [-0.39, 0.29) is 11.5 Å². The maximum Gasteiger partial charge on any atom is 0.254 e. The highest BCUT2D eigenvalue weighted by Gasteiger charge is 2.19. The summed E-state index contributed by atoms with van der Waals surface area (Å²) in [7, 11) is 1.71. The Morgan fingerprint density at radius 1 is 1.07 bits per heavy atom. The van der Waals surface area contributed by atoms with Gasteiger partial charge in [0.25, 0.3) is 5.91 Å². The molecule has 0 unspecified atom stereocenters. The van der Waals surface area contributed by atoms with Gasteiger partial charge in [-0.2, -0.15) is 4.98 Å². The number of anilines is 5. The van der Waals surface area contributed by atoms with E-state index >= 15 is 0 Å². The Bertz CT molecular complexity index is 1050. The smallest absolute Gasteiger partial charge is 0.254 e. The lowest BCUT2D eigenvalue weighted by molar-refractivity contribution is -0.116. The number of aromatic nitrogens is 2. The molecule has 0 saturated heterocycles. The van der Waals surface area contributed by atoms with Crippen LogP contribution in [0.15, 0.2) is 60.8 Å². The summed E-state index contributed by atoms with van der Waals surface area (Å²) < 4.78 is 0. The molecule has 3 N–H and O–H groups in total. The van der Waals surface area contributed by atoms with Gasteiger partial charge in [-0.05, 0) is 37.3 Å². The van der Waals surface area contributed by atoms with Crippen LogP contribution >= 0.6 is 0 Å². The summed E-state index contributed by atoms with van der Waals surface area (Å²) in [5.41, 5.74) is 8.13. The molecule has 8 heteroatoms. The van der Waals surface area contributed by atoms with Crippen LogP contribution in [0.5, 0.6) is 0 Å². The highest BCUT2D eigenvalue weighted by atomic mass is 16.2. The first kappa shape index (κ1) is 20.8. The molecule has 0 fully saturated rings. The summed E-state index contributed by atoms with van der Waals surface area (Å²) in [6.45, 7) is 4.05. The lowest BCUT2D eigenvalue weighted by Crippen LogP contribution is -2.24. The maximum atomic E-state index is 12.0. The van der Waals surface area contributed by atoms with Crippen LogP contribution in [-0.2, 0) is 4.79 Å². The molecule has 0 atom stereocenters. The number of carbonyl (C=O) groups excluding carboxylic acids is 2. The van der Waals surface area contributed by atoms with Gasteiger partial charge in [0.05, 0.1) is 0 Å². The number of carbonyl (C=O) groups is 2. The summed E-state index contributed by atoms with van der Waals surface area (Å²) in [6, 6.07) is 17.0. The van der Waals surface area contributed by atoms with Crippen LogP contribution in [0.4, 0.5) is 28.8 Å². The third kappa shape index (κ3) is 4.54. The van der Waals surface area contributed by atoms with Gasteiger partial charge in [0.1, 0.15) is 5.56 Å². The van der Waals surface area contributed by atoms with Crippen molar-refractivity contribution in [3.05, 3.63) is 66.4 Å². The Labute approximate surface area is 175 Å². The molecular weight excluding hydrogens is 380 g/mol. The van der Waals surface area contributed by atoms with Gasteiger partial charge in [-0.25, -0.2) is 4.98 Å². The SMILES string of the molecule is CCN(c1ccccc1)c1nc(Nc2cccc(N(C)C(C)=O)c2)ncc1C(N)=O. The van der Waals surface area contributed by atoms with Crippen molar-refractivity contribution in [3.63, 3.8) is 0 Å². The van der Waals surface area contributed by atoms with Crippen LogP contribution in [0.2, 0.25) is 0 Å². The van der Waals surface area contributed by atoms with E-state index in [1.807, 2.05) is 66.4 Å². The minimum Gasteiger partial charge on any atom is -0.365 e. The van der Waals surface area contributed by atoms with E-state index < -0.39 is 5.91 Å². The molecule has 1 aromatic heterocycles. The minimum absolute atomic E-state index is 0.0713. The Morgan fingerprint density at radius 2 is 1.77 bits per heavy atom. The highest BCUT2D eigenvalue weighted by molar-refractivity contribution is 5.98. The van der Waals surface area contributed by atoms with E-state index in [2.05, 4.69) is 15.3 Å². The van der Waals surface area contributed by atoms with Gasteiger partial charge in [0, 0.05) is 43.8 Å². The topological polar surface area (TPSA) is 104 Å². The van der Waals surface area contributed by atoms with Gasteiger partial charge in [0.2, 0.25) is 11.9 Å². The number of nitrogens with two attached hydrogens (primary N) is 1. The van der Waals surface area contributed by atoms with Crippen LogP contribution in [0.3, 0.4) is 0 Å². The minimum atomic E-state index is -0.601. The number of rotatable bonds is 7. The first-order chi connectivity index (χ1) is 14.4. The Morgan fingerprint density at radius 3 is 2.40 bits per heavy atom. The van der Waals surface area contributed by atoms with Crippen molar-refractivity contribution in [1.82, 2.24) is 9.97 Å². The monoisotopic (exact) mass is 404 g/mol. The molecule has 3 rings (SSSR count). The summed E-state index contributed by atoms with van der Waals surface area (Å²) >= 11 is 0. The molecular formula is C22H24N6O2. The Balaban J connectivity index is 1.98. The predicted molar refractivity (Wildman–Crippen MR) is 118 cm³/mol. The van der Waals surface area contributed by atoms with Gasteiger partial charge in [0.15, 0.2) is 5.82 Å². The van der Waals surface area contributed by atoms with Crippen LogP contribution in [0.1, 0.15) is 24.2 Å². The number of hydrogen-bond donors (Lipinski definition) is 2. The fourth-order valence-corrected chi connectivity index (χ4v) is 2.98. The van der Waals surface area contributed by atoms with Crippen molar-refractivity contribution in [2.45, 2.75) is 13.8 Å². The summed E-state index contributed by atoms with van der Waals surface area (Å²) in [6.07, 6.45) is 1.42. The van der Waals surface area contributed by atoms with Crippen molar-refractivity contribution in [3.8, 4) is 0 Å². The van der Waals surface area contributed by atoms with E-state index in [9.17, 15) is 9.59 Å². The number of nitrogens with one attached hydrogen (secondary N) is 1.